The molecule has 0 saturated heterocycles. The maximum atomic E-state index is 12.3. The third-order valence-electron chi connectivity index (χ3n) is 3.28. The molecule has 0 aliphatic carbocycles. The first kappa shape index (κ1) is 16.7. The van der Waals surface area contributed by atoms with E-state index in [1.165, 1.54) is 12.3 Å². The molecule has 3 N–H and O–H groups in total. The van der Waals surface area contributed by atoms with E-state index in [1.54, 1.807) is 4.57 Å². The number of nitrogens with zero attached hydrogens (tertiary/aromatic N) is 1. The van der Waals surface area contributed by atoms with E-state index in [0.29, 0.717) is 5.69 Å². The summed E-state index contributed by atoms with van der Waals surface area (Å²) < 4.78 is 24.4. The quantitative estimate of drug-likeness (QED) is 0.865. The van der Waals surface area contributed by atoms with Crippen LogP contribution in [0, 0.1) is 0 Å². The number of aromatic nitrogens is 1. The van der Waals surface area contributed by atoms with Crippen molar-refractivity contribution >= 4 is 15.9 Å². The Labute approximate surface area is 120 Å². The van der Waals surface area contributed by atoms with Crippen LogP contribution in [0.15, 0.2) is 17.2 Å². The second kappa shape index (κ2) is 5.57. The summed E-state index contributed by atoms with van der Waals surface area (Å²) in [6.45, 7) is 9.53. The first-order valence-corrected chi connectivity index (χ1v) is 8.09. The monoisotopic (exact) mass is 301 g/mol. The number of sulfonamides is 1. The van der Waals surface area contributed by atoms with Crippen LogP contribution < -0.4 is 10.5 Å². The van der Waals surface area contributed by atoms with Crippen molar-refractivity contribution in [2.45, 2.75) is 57.5 Å². The Hall–Kier alpha value is -1.34. The molecular weight excluding hydrogens is 278 g/mol. The number of carbonyl (C=O) groups excluding carboxylic acids is 1. The van der Waals surface area contributed by atoms with Gasteiger partial charge < -0.3 is 9.88 Å². The first-order chi connectivity index (χ1) is 8.98. The number of rotatable bonds is 5. The van der Waals surface area contributed by atoms with Crippen molar-refractivity contribution in [2.24, 2.45) is 5.14 Å². The fraction of sp³-hybridized carbons (Fsp3) is 0.615. The van der Waals surface area contributed by atoms with Gasteiger partial charge in [-0.1, -0.05) is 6.92 Å². The van der Waals surface area contributed by atoms with Gasteiger partial charge in [-0.15, -0.1) is 0 Å². The van der Waals surface area contributed by atoms with Gasteiger partial charge in [-0.05, 0) is 40.2 Å². The lowest BCUT2D eigenvalue weighted by atomic mass is 10.0. The van der Waals surface area contributed by atoms with E-state index in [9.17, 15) is 13.2 Å². The van der Waals surface area contributed by atoms with Gasteiger partial charge >= 0.3 is 0 Å². The first-order valence-electron chi connectivity index (χ1n) is 6.55. The number of primary sulfonamides is 1. The highest BCUT2D eigenvalue weighted by Gasteiger charge is 2.24. The number of amides is 1. The van der Waals surface area contributed by atoms with Crippen LogP contribution in [0.4, 0.5) is 0 Å². The molecule has 114 valence electrons. The van der Waals surface area contributed by atoms with E-state index in [2.05, 4.69) is 5.32 Å². The third-order valence-corrected chi connectivity index (χ3v) is 4.16. The number of nitrogens with one attached hydrogen (secondary N) is 1. The van der Waals surface area contributed by atoms with E-state index in [1.807, 2.05) is 34.6 Å². The van der Waals surface area contributed by atoms with Crippen LogP contribution >= 0.6 is 0 Å². The molecule has 0 aromatic carbocycles. The van der Waals surface area contributed by atoms with E-state index >= 15 is 0 Å². The van der Waals surface area contributed by atoms with Gasteiger partial charge in [0.05, 0.1) is 0 Å². The van der Waals surface area contributed by atoms with Crippen molar-refractivity contribution < 1.29 is 13.2 Å². The van der Waals surface area contributed by atoms with Crippen LogP contribution in [0.5, 0.6) is 0 Å². The molecule has 1 aromatic rings. The standard InChI is InChI=1S/C13H23N3O3S/c1-6-13(4,5)15-12(17)11-7-10(20(14,18)19)8-16(11)9(2)3/h7-9H,6H2,1-5H3,(H,15,17)(H2,14,18,19). The highest BCUT2D eigenvalue weighted by Crippen LogP contribution is 2.19. The van der Waals surface area contributed by atoms with Gasteiger partial charge in [0.1, 0.15) is 10.6 Å². The molecule has 1 heterocycles. The topological polar surface area (TPSA) is 94.2 Å². The molecule has 0 radical (unpaired) electrons. The summed E-state index contributed by atoms with van der Waals surface area (Å²) in [5.41, 5.74) is -0.0594. The fourth-order valence-electron chi connectivity index (χ4n) is 1.68. The molecule has 20 heavy (non-hydrogen) atoms. The molecule has 1 aromatic heterocycles. The Balaban J connectivity index is 3.23. The second-order valence-corrected chi connectivity index (χ2v) is 7.36. The summed E-state index contributed by atoms with van der Waals surface area (Å²) >= 11 is 0. The Bertz CT molecular complexity index is 600. The predicted octanol–water partition coefficient (Wildman–Crippen LogP) is 1.63. The Kier molecular flexibility index (Phi) is 4.66. The molecule has 0 aliphatic heterocycles. The van der Waals surface area contributed by atoms with Gasteiger partial charge in [0.15, 0.2) is 0 Å². The highest BCUT2D eigenvalue weighted by atomic mass is 32.2. The lowest BCUT2D eigenvalue weighted by molar-refractivity contribution is 0.0900. The van der Waals surface area contributed by atoms with Crippen molar-refractivity contribution in [3.05, 3.63) is 18.0 Å². The lowest BCUT2D eigenvalue weighted by Crippen LogP contribution is -2.43. The average Bonchev–Trinajstić information content (AvgIpc) is 2.72. The van der Waals surface area contributed by atoms with E-state index in [-0.39, 0.29) is 22.4 Å². The minimum Gasteiger partial charge on any atom is -0.346 e. The smallest absolute Gasteiger partial charge is 0.268 e. The Morgan fingerprint density at radius 2 is 2.00 bits per heavy atom. The largest absolute Gasteiger partial charge is 0.346 e. The van der Waals surface area contributed by atoms with Crippen molar-refractivity contribution in [1.82, 2.24) is 9.88 Å². The molecule has 1 amide bonds. The zero-order valence-electron chi connectivity index (χ0n) is 12.6. The van der Waals surface area contributed by atoms with Crippen molar-refractivity contribution in [1.29, 1.82) is 0 Å². The summed E-state index contributed by atoms with van der Waals surface area (Å²) in [5.74, 6) is -0.305. The van der Waals surface area contributed by atoms with E-state index in [4.69, 9.17) is 5.14 Å². The average molecular weight is 301 g/mol. The molecule has 0 aliphatic rings. The van der Waals surface area contributed by atoms with Crippen molar-refractivity contribution in [3.63, 3.8) is 0 Å². The van der Waals surface area contributed by atoms with Crippen LogP contribution in [0.3, 0.4) is 0 Å². The van der Waals surface area contributed by atoms with Gasteiger partial charge in [0.2, 0.25) is 10.0 Å². The summed E-state index contributed by atoms with van der Waals surface area (Å²) in [6, 6.07) is 1.27. The number of hydrogen-bond acceptors (Lipinski definition) is 3. The maximum absolute atomic E-state index is 12.3. The zero-order valence-corrected chi connectivity index (χ0v) is 13.4. The number of carbonyl (C=O) groups is 1. The third kappa shape index (κ3) is 3.83. The van der Waals surface area contributed by atoms with Gasteiger partial charge in [0.25, 0.3) is 5.91 Å². The van der Waals surface area contributed by atoms with Crippen LogP contribution in [0.25, 0.3) is 0 Å². The van der Waals surface area contributed by atoms with Crippen LogP contribution in [0.1, 0.15) is 57.6 Å². The summed E-state index contributed by atoms with van der Waals surface area (Å²) in [5, 5.41) is 8.01. The van der Waals surface area contributed by atoms with Crippen molar-refractivity contribution in [2.75, 3.05) is 0 Å². The minimum absolute atomic E-state index is 0.0454. The molecule has 0 unspecified atom stereocenters. The summed E-state index contributed by atoms with van der Waals surface area (Å²) in [7, 11) is -3.82. The molecule has 0 atom stereocenters. The van der Waals surface area contributed by atoms with Crippen LogP contribution in [-0.2, 0) is 10.0 Å². The summed E-state index contributed by atoms with van der Waals surface area (Å²) in [6.07, 6.45) is 2.16. The van der Waals surface area contributed by atoms with Gasteiger partial charge in [-0.3, -0.25) is 4.79 Å². The fourth-order valence-corrected chi connectivity index (χ4v) is 2.21. The van der Waals surface area contributed by atoms with Crippen LogP contribution in [0.2, 0.25) is 0 Å². The maximum Gasteiger partial charge on any atom is 0.268 e. The molecular formula is C13H23N3O3S. The van der Waals surface area contributed by atoms with Gasteiger partial charge in [-0.25, -0.2) is 13.6 Å². The Morgan fingerprint density at radius 3 is 2.40 bits per heavy atom. The normalized spacial score (nSPS) is 12.8. The Morgan fingerprint density at radius 1 is 1.45 bits per heavy atom. The molecule has 0 bridgehead atoms. The van der Waals surface area contributed by atoms with Crippen LogP contribution in [-0.4, -0.2) is 24.4 Å². The second-order valence-electron chi connectivity index (χ2n) is 5.80. The highest BCUT2D eigenvalue weighted by molar-refractivity contribution is 7.89. The molecule has 0 spiro atoms. The van der Waals surface area contributed by atoms with E-state index in [0.717, 1.165) is 6.42 Å². The zero-order chi connectivity index (χ0) is 15.7. The molecule has 6 nitrogen and oxygen atoms in total. The predicted molar refractivity (Wildman–Crippen MR) is 78.0 cm³/mol. The van der Waals surface area contributed by atoms with Gasteiger partial charge in [-0.2, -0.15) is 0 Å². The molecule has 7 heteroatoms. The SMILES string of the molecule is CCC(C)(C)NC(=O)c1cc(S(N)(=O)=O)cn1C(C)C. The van der Waals surface area contributed by atoms with E-state index < -0.39 is 10.0 Å². The molecule has 0 fully saturated rings. The number of nitrogens with two attached hydrogens (primary N) is 1. The van der Waals surface area contributed by atoms with Crippen molar-refractivity contribution in [3.8, 4) is 0 Å². The number of hydrogen-bond donors (Lipinski definition) is 2. The lowest BCUT2D eigenvalue weighted by Gasteiger charge is -2.25. The summed E-state index contributed by atoms with van der Waals surface area (Å²) in [4.78, 5) is 12.3. The molecule has 0 saturated carbocycles. The van der Waals surface area contributed by atoms with Gasteiger partial charge in [0, 0.05) is 17.8 Å². The molecule has 1 rings (SSSR count). The minimum atomic E-state index is -3.82.